The number of ether oxygens (including phenoxy) is 1. The molecular weight excluding hydrogens is 162 g/mol. The van der Waals surface area contributed by atoms with E-state index in [-0.39, 0.29) is 6.17 Å². The molecule has 0 aromatic heterocycles. The molecule has 1 aliphatic heterocycles. The first-order valence-electron chi connectivity index (χ1n) is 3.62. The van der Waals surface area contributed by atoms with Gasteiger partial charge in [-0.15, -0.1) is 0 Å². The average Bonchev–Trinajstić information content (AvgIpc) is 2.09. The molecule has 0 saturated carbocycles. The van der Waals surface area contributed by atoms with Gasteiger partial charge in [-0.25, -0.2) is 0 Å². The number of carbonyl (C=O) groups excluding carboxylic acids is 2. The molecule has 1 fully saturated rings. The number of nitrogens with zero attached hydrogens (tertiary/aromatic N) is 1. The highest BCUT2D eigenvalue weighted by Gasteiger charge is 2.21. The smallest absolute Gasteiger partial charge is 0.221 e. The van der Waals surface area contributed by atoms with Crippen molar-refractivity contribution in [2.45, 2.75) is 6.17 Å². The third-order valence-corrected chi connectivity index (χ3v) is 1.61. The normalized spacial score (nSPS) is 24.5. The first kappa shape index (κ1) is 8.95. The number of hydrogen-bond donors (Lipinski definition) is 2. The van der Waals surface area contributed by atoms with E-state index in [2.05, 4.69) is 10.7 Å². The summed E-state index contributed by atoms with van der Waals surface area (Å²) in [5, 5.41) is 4.13. The second kappa shape index (κ2) is 4.68. The van der Waals surface area contributed by atoms with E-state index in [0.717, 1.165) is 0 Å². The Kier molecular flexibility index (Phi) is 3.49. The summed E-state index contributed by atoms with van der Waals surface area (Å²) in [5.41, 5.74) is 2.47. The van der Waals surface area contributed by atoms with E-state index in [4.69, 9.17) is 4.74 Å². The van der Waals surface area contributed by atoms with Crippen molar-refractivity contribution in [3.63, 3.8) is 0 Å². The van der Waals surface area contributed by atoms with E-state index in [1.54, 1.807) is 5.01 Å². The fourth-order valence-electron chi connectivity index (χ4n) is 1.04. The van der Waals surface area contributed by atoms with Gasteiger partial charge in [0.2, 0.25) is 12.8 Å². The lowest BCUT2D eigenvalue weighted by Crippen LogP contribution is -2.58. The fraction of sp³-hybridized carbons (Fsp3) is 0.667. The largest absolute Gasteiger partial charge is 0.376 e. The van der Waals surface area contributed by atoms with Crippen molar-refractivity contribution < 1.29 is 14.3 Å². The first-order valence-corrected chi connectivity index (χ1v) is 3.62. The minimum atomic E-state index is -0.263. The summed E-state index contributed by atoms with van der Waals surface area (Å²) >= 11 is 0. The van der Waals surface area contributed by atoms with Crippen molar-refractivity contribution in [3.05, 3.63) is 0 Å². The van der Waals surface area contributed by atoms with Gasteiger partial charge < -0.3 is 10.1 Å². The van der Waals surface area contributed by atoms with Crippen LogP contribution in [-0.4, -0.2) is 43.8 Å². The topological polar surface area (TPSA) is 70.7 Å². The molecule has 0 bridgehead atoms. The molecule has 1 aliphatic rings. The van der Waals surface area contributed by atoms with Crippen LogP contribution in [0.3, 0.4) is 0 Å². The van der Waals surface area contributed by atoms with Gasteiger partial charge in [0, 0.05) is 6.54 Å². The van der Waals surface area contributed by atoms with Crippen molar-refractivity contribution in [2.75, 3.05) is 19.8 Å². The molecule has 68 valence electrons. The summed E-state index contributed by atoms with van der Waals surface area (Å²) in [6.07, 6.45) is 0.894. The molecular formula is C6H11N3O3. The summed E-state index contributed by atoms with van der Waals surface area (Å²) < 4.78 is 5.09. The maximum absolute atomic E-state index is 10.1. The van der Waals surface area contributed by atoms with Crippen LogP contribution in [0, 0.1) is 0 Å². The van der Waals surface area contributed by atoms with Gasteiger partial charge >= 0.3 is 0 Å². The van der Waals surface area contributed by atoms with E-state index >= 15 is 0 Å². The molecule has 1 rings (SSSR count). The van der Waals surface area contributed by atoms with Crippen LogP contribution >= 0.6 is 0 Å². The molecule has 12 heavy (non-hydrogen) atoms. The standard InChI is InChI=1S/C6H11N3O3/c10-4-7-6-3-12-2-1-9(6)8-5-11/h4-6H,1-3H2,(H,7,10)(H,8,11). The quantitative estimate of drug-likeness (QED) is 0.485. The highest BCUT2D eigenvalue weighted by atomic mass is 16.5. The molecule has 0 aromatic rings. The Balaban J connectivity index is 2.41. The van der Waals surface area contributed by atoms with Crippen LogP contribution in [0.1, 0.15) is 0 Å². The highest BCUT2D eigenvalue weighted by molar-refractivity contribution is 5.47. The Hall–Kier alpha value is -1.14. The van der Waals surface area contributed by atoms with Crippen molar-refractivity contribution >= 4 is 12.8 Å². The molecule has 2 N–H and O–H groups in total. The van der Waals surface area contributed by atoms with Gasteiger partial charge in [-0.05, 0) is 0 Å². The molecule has 1 atom stereocenters. The second-order valence-electron chi connectivity index (χ2n) is 2.32. The molecule has 1 heterocycles. The van der Waals surface area contributed by atoms with Crippen molar-refractivity contribution in [1.82, 2.24) is 15.8 Å². The summed E-state index contributed by atoms with van der Waals surface area (Å²) in [6, 6.07) is 0. The Bertz CT molecular complexity index is 146. The van der Waals surface area contributed by atoms with E-state index in [1.165, 1.54) is 0 Å². The number of hydrogen-bond acceptors (Lipinski definition) is 4. The Morgan fingerprint density at radius 3 is 2.92 bits per heavy atom. The Morgan fingerprint density at radius 1 is 1.42 bits per heavy atom. The first-order chi connectivity index (χ1) is 5.88. The van der Waals surface area contributed by atoms with E-state index in [0.29, 0.717) is 32.6 Å². The predicted molar refractivity (Wildman–Crippen MR) is 39.7 cm³/mol. The zero-order chi connectivity index (χ0) is 8.81. The van der Waals surface area contributed by atoms with Crippen LogP contribution in [0.2, 0.25) is 0 Å². The lowest BCUT2D eigenvalue weighted by atomic mass is 10.4. The maximum Gasteiger partial charge on any atom is 0.221 e. The Labute approximate surface area is 69.8 Å². The number of amides is 2. The maximum atomic E-state index is 10.1. The molecule has 0 aromatic carbocycles. The molecule has 6 nitrogen and oxygen atoms in total. The van der Waals surface area contributed by atoms with Crippen LogP contribution in [-0.2, 0) is 14.3 Å². The van der Waals surface area contributed by atoms with Crippen LogP contribution in [0.5, 0.6) is 0 Å². The number of hydrazine groups is 1. The SMILES string of the molecule is O=CNC1COCCN1NC=O. The summed E-state index contributed by atoms with van der Waals surface area (Å²) in [5.74, 6) is 0. The summed E-state index contributed by atoms with van der Waals surface area (Å²) in [7, 11) is 0. The summed E-state index contributed by atoms with van der Waals surface area (Å²) in [6.45, 7) is 1.52. The number of nitrogens with one attached hydrogen (secondary N) is 2. The van der Waals surface area contributed by atoms with E-state index < -0.39 is 0 Å². The Morgan fingerprint density at radius 2 is 2.25 bits per heavy atom. The van der Waals surface area contributed by atoms with Gasteiger partial charge in [-0.2, -0.15) is 5.01 Å². The highest BCUT2D eigenvalue weighted by Crippen LogP contribution is 1.98. The van der Waals surface area contributed by atoms with Gasteiger partial charge in [0.25, 0.3) is 0 Å². The molecule has 2 amide bonds. The van der Waals surface area contributed by atoms with Gasteiger partial charge in [-0.1, -0.05) is 0 Å². The minimum absolute atomic E-state index is 0.263. The third-order valence-electron chi connectivity index (χ3n) is 1.61. The van der Waals surface area contributed by atoms with Gasteiger partial charge in [0.05, 0.1) is 13.2 Å². The second-order valence-corrected chi connectivity index (χ2v) is 2.32. The zero-order valence-electron chi connectivity index (χ0n) is 6.53. The number of rotatable bonds is 4. The third kappa shape index (κ3) is 2.18. The molecule has 0 spiro atoms. The van der Waals surface area contributed by atoms with Crippen molar-refractivity contribution in [3.8, 4) is 0 Å². The molecule has 1 unspecified atom stereocenters. The van der Waals surface area contributed by atoms with Gasteiger partial charge in [0.15, 0.2) is 0 Å². The van der Waals surface area contributed by atoms with E-state index in [9.17, 15) is 9.59 Å². The molecule has 0 aliphatic carbocycles. The summed E-state index contributed by atoms with van der Waals surface area (Å²) in [4.78, 5) is 20.2. The van der Waals surface area contributed by atoms with Gasteiger partial charge in [0.1, 0.15) is 6.17 Å². The van der Waals surface area contributed by atoms with Crippen molar-refractivity contribution in [1.29, 1.82) is 0 Å². The number of carbonyl (C=O) groups is 2. The van der Waals surface area contributed by atoms with Crippen molar-refractivity contribution in [2.24, 2.45) is 0 Å². The molecule has 0 radical (unpaired) electrons. The van der Waals surface area contributed by atoms with Crippen LogP contribution in [0.4, 0.5) is 0 Å². The molecule has 6 heteroatoms. The van der Waals surface area contributed by atoms with Crippen LogP contribution < -0.4 is 10.7 Å². The number of morpholine rings is 1. The average molecular weight is 173 g/mol. The lowest BCUT2D eigenvalue weighted by molar-refractivity contribution is -0.124. The monoisotopic (exact) mass is 173 g/mol. The fourth-order valence-corrected chi connectivity index (χ4v) is 1.04. The van der Waals surface area contributed by atoms with Crippen LogP contribution in [0.15, 0.2) is 0 Å². The van der Waals surface area contributed by atoms with Crippen LogP contribution in [0.25, 0.3) is 0 Å². The van der Waals surface area contributed by atoms with Gasteiger partial charge in [-0.3, -0.25) is 15.0 Å². The predicted octanol–water partition coefficient (Wildman–Crippen LogP) is -1.95. The minimum Gasteiger partial charge on any atom is -0.376 e. The molecule has 1 saturated heterocycles. The lowest BCUT2D eigenvalue weighted by Gasteiger charge is -2.33. The zero-order valence-corrected chi connectivity index (χ0v) is 6.53. The van der Waals surface area contributed by atoms with E-state index in [1.807, 2.05) is 0 Å².